The summed E-state index contributed by atoms with van der Waals surface area (Å²) in [6.45, 7) is 2.54. The lowest BCUT2D eigenvalue weighted by atomic mass is 10.2. The van der Waals surface area contributed by atoms with Gasteiger partial charge in [0.05, 0.1) is 30.6 Å². The molecule has 5 rings (SSSR count). The number of nitrogens with zero attached hydrogens (tertiary/aromatic N) is 6. The van der Waals surface area contributed by atoms with Crippen molar-refractivity contribution in [3.05, 3.63) is 60.9 Å². The van der Waals surface area contributed by atoms with Crippen molar-refractivity contribution in [2.75, 3.05) is 38.2 Å². The third-order valence-corrected chi connectivity index (χ3v) is 5.26. The van der Waals surface area contributed by atoms with E-state index in [-0.39, 0.29) is 5.91 Å². The van der Waals surface area contributed by atoms with Gasteiger partial charge >= 0.3 is 0 Å². The molecule has 152 valence electrons. The SMILES string of the molecule is COc1ccc(-n2ncc3c(N4CCN(C(=O)c5ccco5)CC4)ncnc32)cc1. The molecule has 0 atom stereocenters. The van der Waals surface area contributed by atoms with E-state index in [2.05, 4.69) is 20.0 Å². The summed E-state index contributed by atoms with van der Waals surface area (Å²) in [7, 11) is 1.64. The number of aromatic nitrogens is 4. The van der Waals surface area contributed by atoms with Gasteiger partial charge in [-0.25, -0.2) is 14.6 Å². The van der Waals surface area contributed by atoms with Gasteiger partial charge in [-0.1, -0.05) is 0 Å². The summed E-state index contributed by atoms with van der Waals surface area (Å²) in [6.07, 6.45) is 4.86. The van der Waals surface area contributed by atoms with Crippen LogP contribution in [0.4, 0.5) is 5.82 Å². The lowest BCUT2D eigenvalue weighted by Crippen LogP contribution is -2.49. The van der Waals surface area contributed by atoms with Crippen LogP contribution in [-0.4, -0.2) is 63.8 Å². The predicted molar refractivity (Wildman–Crippen MR) is 110 cm³/mol. The minimum atomic E-state index is -0.0835. The molecule has 3 aromatic heterocycles. The van der Waals surface area contributed by atoms with Crippen LogP contribution >= 0.6 is 0 Å². The molecule has 9 nitrogen and oxygen atoms in total. The van der Waals surface area contributed by atoms with Crippen molar-refractivity contribution in [1.29, 1.82) is 0 Å². The van der Waals surface area contributed by atoms with E-state index in [0.29, 0.717) is 31.9 Å². The molecular weight excluding hydrogens is 384 g/mol. The average molecular weight is 404 g/mol. The van der Waals surface area contributed by atoms with Crippen molar-refractivity contribution in [1.82, 2.24) is 24.6 Å². The first-order chi connectivity index (χ1) is 14.7. The van der Waals surface area contributed by atoms with Crippen LogP contribution in [0.1, 0.15) is 10.6 Å². The number of amides is 1. The summed E-state index contributed by atoms with van der Waals surface area (Å²) >= 11 is 0. The summed E-state index contributed by atoms with van der Waals surface area (Å²) in [5.41, 5.74) is 1.63. The number of methoxy groups -OCH3 is 1. The van der Waals surface area contributed by atoms with Crippen molar-refractivity contribution in [3.8, 4) is 11.4 Å². The molecule has 0 unspecified atom stereocenters. The minimum absolute atomic E-state index is 0.0835. The molecule has 1 aliphatic rings. The Morgan fingerprint density at radius 3 is 2.57 bits per heavy atom. The first-order valence-corrected chi connectivity index (χ1v) is 9.65. The molecule has 0 radical (unpaired) electrons. The topological polar surface area (TPSA) is 89.5 Å². The number of ether oxygens (including phenoxy) is 1. The number of anilines is 1. The van der Waals surface area contributed by atoms with Crippen LogP contribution < -0.4 is 9.64 Å². The van der Waals surface area contributed by atoms with E-state index in [1.807, 2.05) is 24.3 Å². The molecule has 1 aromatic carbocycles. The third-order valence-electron chi connectivity index (χ3n) is 5.26. The largest absolute Gasteiger partial charge is 0.497 e. The number of piperazine rings is 1. The van der Waals surface area contributed by atoms with Crippen LogP contribution in [0.5, 0.6) is 5.75 Å². The van der Waals surface area contributed by atoms with Gasteiger partial charge in [-0.05, 0) is 36.4 Å². The van der Waals surface area contributed by atoms with Gasteiger partial charge in [0.2, 0.25) is 0 Å². The number of hydrogen-bond acceptors (Lipinski definition) is 7. The Morgan fingerprint density at radius 2 is 1.87 bits per heavy atom. The molecule has 0 N–H and O–H groups in total. The molecule has 1 amide bonds. The monoisotopic (exact) mass is 404 g/mol. The van der Waals surface area contributed by atoms with E-state index in [4.69, 9.17) is 9.15 Å². The standard InChI is InChI=1S/C21H20N6O3/c1-29-16-6-4-15(5-7-16)27-20-17(13-24-27)19(22-14-23-20)25-8-10-26(11-9-25)21(28)18-3-2-12-30-18/h2-7,12-14H,8-11H2,1H3. The number of rotatable bonds is 4. The molecule has 0 spiro atoms. The summed E-state index contributed by atoms with van der Waals surface area (Å²) in [5.74, 6) is 1.89. The second-order valence-electron chi connectivity index (χ2n) is 6.95. The Kier molecular flexibility index (Phi) is 4.55. The first-order valence-electron chi connectivity index (χ1n) is 9.65. The fraction of sp³-hybridized carbons (Fsp3) is 0.238. The van der Waals surface area contributed by atoms with E-state index in [0.717, 1.165) is 28.3 Å². The molecule has 1 fully saturated rings. The predicted octanol–water partition coefficient (Wildman–Crippen LogP) is 2.38. The highest BCUT2D eigenvalue weighted by molar-refractivity contribution is 5.92. The Bertz CT molecular complexity index is 1160. The maximum atomic E-state index is 12.5. The molecule has 0 saturated carbocycles. The Labute approximate surface area is 172 Å². The lowest BCUT2D eigenvalue weighted by Gasteiger charge is -2.35. The zero-order valence-electron chi connectivity index (χ0n) is 16.4. The zero-order valence-corrected chi connectivity index (χ0v) is 16.4. The molecule has 4 aromatic rings. The highest BCUT2D eigenvalue weighted by Crippen LogP contribution is 2.26. The van der Waals surface area contributed by atoms with E-state index < -0.39 is 0 Å². The van der Waals surface area contributed by atoms with Crippen LogP contribution in [0.2, 0.25) is 0 Å². The van der Waals surface area contributed by atoms with Crippen molar-refractivity contribution in [2.24, 2.45) is 0 Å². The molecule has 0 aliphatic carbocycles. The van der Waals surface area contributed by atoms with Crippen LogP contribution in [0, 0.1) is 0 Å². The average Bonchev–Trinajstić information content (AvgIpc) is 3.49. The molecular formula is C21H20N6O3. The van der Waals surface area contributed by atoms with Gasteiger partial charge in [-0.3, -0.25) is 4.79 Å². The van der Waals surface area contributed by atoms with Crippen LogP contribution in [0.15, 0.2) is 59.6 Å². The summed E-state index contributed by atoms with van der Waals surface area (Å²) < 4.78 is 12.2. The van der Waals surface area contributed by atoms with Crippen molar-refractivity contribution in [2.45, 2.75) is 0 Å². The van der Waals surface area contributed by atoms with Gasteiger partial charge < -0.3 is 19.0 Å². The van der Waals surface area contributed by atoms with Crippen molar-refractivity contribution < 1.29 is 13.9 Å². The van der Waals surface area contributed by atoms with Crippen LogP contribution in [0.25, 0.3) is 16.7 Å². The third kappa shape index (κ3) is 3.14. The van der Waals surface area contributed by atoms with Crippen molar-refractivity contribution >= 4 is 22.8 Å². The number of hydrogen-bond donors (Lipinski definition) is 0. The smallest absolute Gasteiger partial charge is 0.289 e. The van der Waals surface area contributed by atoms with Gasteiger partial charge in [0.1, 0.15) is 17.9 Å². The molecule has 30 heavy (non-hydrogen) atoms. The number of benzene rings is 1. The van der Waals surface area contributed by atoms with Gasteiger partial charge in [0.25, 0.3) is 5.91 Å². The number of fused-ring (bicyclic) bond motifs is 1. The van der Waals surface area contributed by atoms with Gasteiger partial charge in [0.15, 0.2) is 11.4 Å². The molecule has 0 bridgehead atoms. The van der Waals surface area contributed by atoms with Gasteiger partial charge in [-0.2, -0.15) is 5.10 Å². The van der Waals surface area contributed by atoms with Gasteiger partial charge in [-0.15, -0.1) is 0 Å². The highest BCUT2D eigenvalue weighted by Gasteiger charge is 2.26. The zero-order chi connectivity index (χ0) is 20.5. The van der Waals surface area contributed by atoms with E-state index in [1.54, 1.807) is 41.3 Å². The minimum Gasteiger partial charge on any atom is -0.497 e. The maximum Gasteiger partial charge on any atom is 0.289 e. The lowest BCUT2D eigenvalue weighted by molar-refractivity contribution is 0.0714. The highest BCUT2D eigenvalue weighted by atomic mass is 16.5. The summed E-state index contributed by atoms with van der Waals surface area (Å²) in [6, 6.07) is 11.1. The summed E-state index contributed by atoms with van der Waals surface area (Å²) in [5, 5.41) is 5.40. The van der Waals surface area contributed by atoms with Crippen molar-refractivity contribution in [3.63, 3.8) is 0 Å². The van der Waals surface area contributed by atoms with Gasteiger partial charge in [0, 0.05) is 26.2 Å². The normalized spacial score (nSPS) is 14.3. The Hall–Kier alpha value is -3.88. The molecule has 9 heteroatoms. The van der Waals surface area contributed by atoms with E-state index >= 15 is 0 Å². The second-order valence-corrected chi connectivity index (χ2v) is 6.95. The summed E-state index contributed by atoms with van der Waals surface area (Å²) in [4.78, 5) is 25.4. The maximum absolute atomic E-state index is 12.5. The fourth-order valence-corrected chi connectivity index (χ4v) is 3.67. The number of carbonyl (C=O) groups excluding carboxylic acids is 1. The number of carbonyl (C=O) groups is 1. The van der Waals surface area contributed by atoms with E-state index in [1.165, 1.54) is 6.26 Å². The van der Waals surface area contributed by atoms with Crippen LogP contribution in [0.3, 0.4) is 0 Å². The number of furan rings is 1. The fourth-order valence-electron chi connectivity index (χ4n) is 3.67. The molecule has 1 aliphatic heterocycles. The second kappa shape index (κ2) is 7.51. The Balaban J connectivity index is 1.38. The van der Waals surface area contributed by atoms with E-state index in [9.17, 15) is 4.79 Å². The quantitative estimate of drug-likeness (QED) is 0.516. The van der Waals surface area contributed by atoms with Crippen LogP contribution in [-0.2, 0) is 0 Å². The Morgan fingerprint density at radius 1 is 1.07 bits per heavy atom. The first kappa shape index (κ1) is 18.2. The molecule has 1 saturated heterocycles. The molecule has 4 heterocycles.